The molecule has 0 saturated carbocycles. The van der Waals surface area contributed by atoms with Gasteiger partial charge in [-0.2, -0.15) is 0 Å². The van der Waals surface area contributed by atoms with Gasteiger partial charge in [-0.3, -0.25) is 9.59 Å². The van der Waals surface area contributed by atoms with Gasteiger partial charge in [-0.25, -0.2) is 0 Å². The minimum absolute atomic E-state index is 0.0295. The molecular formula is C22H21NO5. The maximum Gasteiger partial charge on any atom is 0.287 e. The molecule has 28 heavy (non-hydrogen) atoms. The lowest BCUT2D eigenvalue weighted by Crippen LogP contribution is -2.43. The third-order valence-corrected chi connectivity index (χ3v) is 5.25. The van der Waals surface area contributed by atoms with E-state index in [0.29, 0.717) is 17.4 Å². The third kappa shape index (κ3) is 3.27. The van der Waals surface area contributed by atoms with Crippen LogP contribution in [-0.2, 0) is 12.0 Å². The van der Waals surface area contributed by atoms with Crippen LogP contribution in [0.15, 0.2) is 57.7 Å². The fourth-order valence-corrected chi connectivity index (χ4v) is 3.78. The first kappa shape index (κ1) is 18.3. The van der Waals surface area contributed by atoms with E-state index in [9.17, 15) is 14.7 Å². The Morgan fingerprint density at radius 1 is 1.25 bits per heavy atom. The van der Waals surface area contributed by atoms with E-state index in [2.05, 4.69) is 5.32 Å². The van der Waals surface area contributed by atoms with E-state index in [4.69, 9.17) is 9.15 Å². The van der Waals surface area contributed by atoms with Gasteiger partial charge >= 0.3 is 0 Å². The predicted octanol–water partition coefficient (Wildman–Crippen LogP) is 2.76. The van der Waals surface area contributed by atoms with Crippen molar-refractivity contribution in [3.63, 3.8) is 0 Å². The van der Waals surface area contributed by atoms with Crippen LogP contribution in [0.1, 0.15) is 34.5 Å². The molecule has 2 aromatic carbocycles. The fraction of sp³-hybridized carbons (Fsp3) is 0.273. The highest BCUT2D eigenvalue weighted by Crippen LogP contribution is 2.36. The van der Waals surface area contributed by atoms with Crippen molar-refractivity contribution >= 4 is 16.9 Å². The molecule has 4 rings (SSSR count). The van der Waals surface area contributed by atoms with Crippen molar-refractivity contribution in [3.05, 3.63) is 75.6 Å². The Morgan fingerprint density at radius 3 is 2.89 bits per heavy atom. The van der Waals surface area contributed by atoms with Gasteiger partial charge in [0.05, 0.1) is 19.0 Å². The first-order valence-corrected chi connectivity index (χ1v) is 9.21. The summed E-state index contributed by atoms with van der Waals surface area (Å²) in [4.78, 5) is 24.8. The summed E-state index contributed by atoms with van der Waals surface area (Å²) >= 11 is 0. The summed E-state index contributed by atoms with van der Waals surface area (Å²) in [6.45, 7) is 0.0295. The van der Waals surface area contributed by atoms with Crippen molar-refractivity contribution in [3.8, 4) is 5.75 Å². The maximum absolute atomic E-state index is 12.6. The minimum atomic E-state index is -1.17. The van der Waals surface area contributed by atoms with Crippen molar-refractivity contribution in [1.29, 1.82) is 0 Å². The number of methoxy groups -OCH3 is 1. The fourth-order valence-electron chi connectivity index (χ4n) is 3.78. The summed E-state index contributed by atoms with van der Waals surface area (Å²) in [5, 5.41) is 14.3. The van der Waals surface area contributed by atoms with Gasteiger partial charge in [-0.15, -0.1) is 0 Å². The highest BCUT2D eigenvalue weighted by Gasteiger charge is 2.35. The van der Waals surface area contributed by atoms with Gasteiger partial charge in [-0.1, -0.05) is 18.2 Å². The molecule has 1 atom stereocenters. The van der Waals surface area contributed by atoms with Gasteiger partial charge < -0.3 is 19.6 Å². The van der Waals surface area contributed by atoms with E-state index in [-0.39, 0.29) is 17.7 Å². The Kier molecular flexibility index (Phi) is 4.65. The second kappa shape index (κ2) is 7.13. The van der Waals surface area contributed by atoms with Gasteiger partial charge in [0.2, 0.25) is 0 Å². The van der Waals surface area contributed by atoms with Gasteiger partial charge in [0, 0.05) is 6.07 Å². The Hall–Kier alpha value is -3.12. The SMILES string of the molecule is COc1ccc2c(c1)CCC[C@]2(O)CNC(=O)c1cc(=O)c2ccccc2o1. The zero-order valence-electron chi connectivity index (χ0n) is 15.5. The Bertz CT molecular complexity index is 1100. The lowest BCUT2D eigenvalue weighted by Gasteiger charge is -2.34. The average Bonchev–Trinajstić information content (AvgIpc) is 2.72. The van der Waals surface area contributed by atoms with Crippen LogP contribution in [0, 0.1) is 0 Å². The van der Waals surface area contributed by atoms with E-state index in [1.807, 2.05) is 12.1 Å². The van der Waals surface area contributed by atoms with Crippen LogP contribution in [0.3, 0.4) is 0 Å². The zero-order valence-corrected chi connectivity index (χ0v) is 15.5. The van der Waals surface area contributed by atoms with E-state index in [1.165, 1.54) is 6.07 Å². The molecule has 6 heteroatoms. The van der Waals surface area contributed by atoms with Crippen molar-refractivity contribution in [1.82, 2.24) is 5.32 Å². The molecule has 0 fully saturated rings. The Morgan fingerprint density at radius 2 is 2.07 bits per heavy atom. The van der Waals surface area contributed by atoms with Crippen LogP contribution in [-0.4, -0.2) is 24.7 Å². The number of para-hydroxylation sites is 1. The van der Waals surface area contributed by atoms with Crippen LogP contribution in [0.25, 0.3) is 11.0 Å². The van der Waals surface area contributed by atoms with E-state index in [0.717, 1.165) is 29.7 Å². The lowest BCUT2D eigenvalue weighted by molar-refractivity contribution is 0.0186. The molecule has 0 saturated heterocycles. The third-order valence-electron chi connectivity index (χ3n) is 5.25. The highest BCUT2D eigenvalue weighted by atomic mass is 16.5. The van der Waals surface area contributed by atoms with Crippen LogP contribution < -0.4 is 15.5 Å². The number of amides is 1. The molecule has 1 aliphatic rings. The van der Waals surface area contributed by atoms with Crippen LogP contribution in [0.4, 0.5) is 0 Å². The Balaban J connectivity index is 1.57. The standard InChI is InChI=1S/C22H21NO5/c1-27-15-8-9-17-14(11-15)5-4-10-22(17,26)13-23-21(25)20-12-18(24)16-6-2-3-7-19(16)28-20/h2-3,6-9,11-12,26H,4-5,10,13H2,1H3,(H,23,25)/t22-/m0/s1. The van der Waals surface area contributed by atoms with Crippen molar-refractivity contribution in [2.75, 3.05) is 13.7 Å². The average molecular weight is 379 g/mol. The van der Waals surface area contributed by atoms with Gasteiger partial charge in [0.15, 0.2) is 11.2 Å². The number of aryl methyl sites for hydroxylation is 1. The maximum atomic E-state index is 12.6. The summed E-state index contributed by atoms with van der Waals surface area (Å²) in [7, 11) is 1.61. The molecule has 0 spiro atoms. The monoisotopic (exact) mass is 379 g/mol. The van der Waals surface area contributed by atoms with E-state index in [1.54, 1.807) is 37.4 Å². The minimum Gasteiger partial charge on any atom is -0.497 e. The van der Waals surface area contributed by atoms with Crippen molar-refractivity contribution < 1.29 is 19.1 Å². The normalized spacial score (nSPS) is 18.5. The molecule has 0 radical (unpaired) electrons. The molecule has 144 valence electrons. The lowest BCUT2D eigenvalue weighted by atomic mass is 9.79. The number of benzene rings is 2. The molecule has 1 aliphatic carbocycles. The molecule has 2 N–H and O–H groups in total. The topological polar surface area (TPSA) is 88.8 Å². The highest BCUT2D eigenvalue weighted by molar-refractivity contribution is 5.93. The quantitative estimate of drug-likeness (QED) is 0.728. The number of carbonyl (C=O) groups excluding carboxylic acids is 1. The largest absolute Gasteiger partial charge is 0.497 e. The van der Waals surface area contributed by atoms with Crippen LogP contribution >= 0.6 is 0 Å². The first-order valence-electron chi connectivity index (χ1n) is 9.21. The van der Waals surface area contributed by atoms with Gasteiger partial charge in [-0.05, 0) is 54.7 Å². The van der Waals surface area contributed by atoms with Crippen LogP contribution in [0.5, 0.6) is 5.75 Å². The molecule has 0 unspecified atom stereocenters. The summed E-state index contributed by atoms with van der Waals surface area (Å²) < 4.78 is 10.8. The molecule has 6 nitrogen and oxygen atoms in total. The number of carbonyl (C=O) groups is 1. The molecule has 0 bridgehead atoms. The zero-order chi connectivity index (χ0) is 19.7. The predicted molar refractivity (Wildman–Crippen MR) is 105 cm³/mol. The Labute approximate surface area is 161 Å². The summed E-state index contributed by atoms with van der Waals surface area (Å²) in [5.41, 5.74) is 0.710. The number of aliphatic hydroxyl groups is 1. The number of ether oxygens (including phenoxy) is 1. The summed E-state index contributed by atoms with van der Waals surface area (Å²) in [5.74, 6) is 0.139. The van der Waals surface area contributed by atoms with Crippen LogP contribution in [0.2, 0.25) is 0 Å². The summed E-state index contributed by atoms with van der Waals surface area (Å²) in [6, 6.07) is 13.5. The molecule has 0 aliphatic heterocycles. The molecule has 1 heterocycles. The second-order valence-corrected chi connectivity index (χ2v) is 7.06. The number of nitrogens with one attached hydrogen (secondary N) is 1. The van der Waals surface area contributed by atoms with Gasteiger partial charge in [0.1, 0.15) is 16.9 Å². The number of rotatable bonds is 4. The molecule has 1 aromatic heterocycles. The molecule has 3 aromatic rings. The first-order chi connectivity index (χ1) is 13.5. The number of hydrogen-bond acceptors (Lipinski definition) is 5. The molecule has 1 amide bonds. The second-order valence-electron chi connectivity index (χ2n) is 7.06. The molecular weight excluding hydrogens is 358 g/mol. The smallest absolute Gasteiger partial charge is 0.287 e. The van der Waals surface area contributed by atoms with Gasteiger partial charge in [0.25, 0.3) is 5.91 Å². The van der Waals surface area contributed by atoms with E-state index >= 15 is 0 Å². The van der Waals surface area contributed by atoms with Crippen molar-refractivity contribution in [2.24, 2.45) is 0 Å². The van der Waals surface area contributed by atoms with Crippen molar-refractivity contribution in [2.45, 2.75) is 24.9 Å². The number of hydrogen-bond donors (Lipinski definition) is 2. The van der Waals surface area contributed by atoms with E-state index < -0.39 is 11.5 Å². The number of fused-ring (bicyclic) bond motifs is 2. The summed E-state index contributed by atoms with van der Waals surface area (Å²) in [6.07, 6.45) is 2.19.